The van der Waals surface area contributed by atoms with E-state index in [2.05, 4.69) is 17.6 Å². The fourth-order valence-corrected chi connectivity index (χ4v) is 2.08. The Morgan fingerprint density at radius 3 is 2.10 bits per heavy atom. The van der Waals surface area contributed by atoms with Gasteiger partial charge in [-0.05, 0) is 29.2 Å². The Labute approximate surface area is 124 Å². The molecule has 4 nitrogen and oxygen atoms in total. The van der Waals surface area contributed by atoms with Crippen LogP contribution in [0.25, 0.3) is 11.1 Å². The van der Waals surface area contributed by atoms with Gasteiger partial charge in [-0.1, -0.05) is 56.3 Å². The maximum atomic E-state index is 11.7. The molecule has 2 rings (SSSR count). The molecule has 0 aromatic heterocycles. The Morgan fingerprint density at radius 2 is 1.57 bits per heavy atom. The summed E-state index contributed by atoms with van der Waals surface area (Å²) in [5.74, 6) is 5.54. The second-order valence-electron chi connectivity index (χ2n) is 5.18. The highest BCUT2D eigenvalue weighted by atomic mass is 16.5. The molecule has 0 saturated heterocycles. The quantitative estimate of drug-likeness (QED) is 0.504. The van der Waals surface area contributed by atoms with E-state index in [1.807, 2.05) is 56.3 Å². The van der Waals surface area contributed by atoms with Crippen molar-refractivity contribution in [2.75, 3.05) is 0 Å². The van der Waals surface area contributed by atoms with Crippen LogP contribution in [0, 0.1) is 5.92 Å². The molecule has 21 heavy (non-hydrogen) atoms. The zero-order valence-corrected chi connectivity index (χ0v) is 12.2. The lowest BCUT2D eigenvalue weighted by atomic mass is 10.1. The van der Waals surface area contributed by atoms with Crippen LogP contribution in [-0.4, -0.2) is 12.0 Å². The molecular formula is C17H20N2O2. The highest BCUT2D eigenvalue weighted by Crippen LogP contribution is 2.23. The van der Waals surface area contributed by atoms with Crippen molar-refractivity contribution in [1.29, 1.82) is 0 Å². The second-order valence-corrected chi connectivity index (χ2v) is 5.18. The summed E-state index contributed by atoms with van der Waals surface area (Å²) in [6.07, 6.45) is -0.599. The lowest BCUT2D eigenvalue weighted by Crippen LogP contribution is -2.44. The highest BCUT2D eigenvalue weighted by Gasteiger charge is 2.23. The average Bonchev–Trinajstić information content (AvgIpc) is 2.53. The molecule has 4 heteroatoms. The molecule has 0 fully saturated rings. The van der Waals surface area contributed by atoms with Crippen LogP contribution in [-0.2, 0) is 4.79 Å². The van der Waals surface area contributed by atoms with Gasteiger partial charge in [0.05, 0.1) is 0 Å². The molecule has 0 aliphatic heterocycles. The summed E-state index contributed by atoms with van der Waals surface area (Å²) in [7, 11) is 0. The molecular weight excluding hydrogens is 264 g/mol. The number of ether oxygens (including phenoxy) is 1. The first-order valence-corrected chi connectivity index (χ1v) is 6.94. The van der Waals surface area contributed by atoms with Crippen LogP contribution in [0.5, 0.6) is 5.75 Å². The van der Waals surface area contributed by atoms with E-state index in [-0.39, 0.29) is 11.8 Å². The van der Waals surface area contributed by atoms with Crippen molar-refractivity contribution in [3.05, 3.63) is 54.6 Å². The van der Waals surface area contributed by atoms with Crippen LogP contribution in [0.3, 0.4) is 0 Å². The van der Waals surface area contributed by atoms with Crippen molar-refractivity contribution in [3.63, 3.8) is 0 Å². The number of benzene rings is 2. The summed E-state index contributed by atoms with van der Waals surface area (Å²) in [6, 6.07) is 17.8. The van der Waals surface area contributed by atoms with Gasteiger partial charge in [0, 0.05) is 0 Å². The largest absolute Gasteiger partial charge is 0.480 e. The summed E-state index contributed by atoms with van der Waals surface area (Å²) in [5.41, 5.74) is 4.39. The van der Waals surface area contributed by atoms with Gasteiger partial charge in [-0.3, -0.25) is 10.2 Å². The van der Waals surface area contributed by atoms with Crippen LogP contribution in [0.2, 0.25) is 0 Å². The summed E-state index contributed by atoms with van der Waals surface area (Å²) in [5, 5.41) is 0. The zero-order valence-electron chi connectivity index (χ0n) is 12.2. The fraction of sp³-hybridized carbons (Fsp3) is 0.235. The van der Waals surface area contributed by atoms with E-state index in [4.69, 9.17) is 10.6 Å². The molecule has 0 spiro atoms. The van der Waals surface area contributed by atoms with Crippen LogP contribution >= 0.6 is 0 Å². The minimum atomic E-state index is -0.599. The van der Waals surface area contributed by atoms with Gasteiger partial charge in [0.1, 0.15) is 5.75 Å². The van der Waals surface area contributed by atoms with Crippen molar-refractivity contribution in [1.82, 2.24) is 5.43 Å². The van der Waals surface area contributed by atoms with Gasteiger partial charge in [0.15, 0.2) is 6.10 Å². The predicted octanol–water partition coefficient (Wildman–Crippen LogP) is 2.75. The van der Waals surface area contributed by atoms with Gasteiger partial charge in [0.25, 0.3) is 5.91 Å². The summed E-state index contributed by atoms with van der Waals surface area (Å²) >= 11 is 0. The Morgan fingerprint density at radius 1 is 1.00 bits per heavy atom. The minimum Gasteiger partial charge on any atom is -0.480 e. The van der Waals surface area contributed by atoms with Crippen molar-refractivity contribution >= 4 is 5.91 Å². The van der Waals surface area contributed by atoms with E-state index in [1.54, 1.807) is 0 Å². The molecule has 110 valence electrons. The SMILES string of the molecule is CC(C)C(Oc1ccc(-c2ccccc2)cc1)C(=O)NN. The molecule has 0 bridgehead atoms. The zero-order chi connectivity index (χ0) is 15.2. The maximum absolute atomic E-state index is 11.7. The number of carbonyl (C=O) groups excluding carboxylic acids is 1. The smallest absolute Gasteiger partial charge is 0.275 e. The van der Waals surface area contributed by atoms with Gasteiger partial charge >= 0.3 is 0 Å². The molecule has 0 saturated carbocycles. The third-order valence-corrected chi connectivity index (χ3v) is 3.23. The summed E-state index contributed by atoms with van der Waals surface area (Å²) < 4.78 is 5.73. The van der Waals surface area contributed by atoms with Gasteiger partial charge in [-0.15, -0.1) is 0 Å². The van der Waals surface area contributed by atoms with Crippen molar-refractivity contribution in [3.8, 4) is 16.9 Å². The number of nitrogens with one attached hydrogen (secondary N) is 1. The molecule has 1 amide bonds. The molecule has 1 unspecified atom stereocenters. The first-order chi connectivity index (χ1) is 10.1. The van der Waals surface area contributed by atoms with Crippen LogP contribution in [0.4, 0.5) is 0 Å². The summed E-state index contributed by atoms with van der Waals surface area (Å²) in [4.78, 5) is 11.7. The molecule has 2 aromatic carbocycles. The van der Waals surface area contributed by atoms with E-state index < -0.39 is 6.10 Å². The predicted molar refractivity (Wildman–Crippen MR) is 83.5 cm³/mol. The van der Waals surface area contributed by atoms with E-state index in [0.717, 1.165) is 11.1 Å². The van der Waals surface area contributed by atoms with E-state index in [1.165, 1.54) is 0 Å². The lowest BCUT2D eigenvalue weighted by molar-refractivity contribution is -0.129. The van der Waals surface area contributed by atoms with Gasteiger partial charge in [-0.25, -0.2) is 5.84 Å². The maximum Gasteiger partial charge on any atom is 0.275 e. The molecule has 3 N–H and O–H groups in total. The second kappa shape index (κ2) is 6.90. The fourth-order valence-electron chi connectivity index (χ4n) is 2.08. The standard InChI is InChI=1S/C17H20N2O2/c1-12(2)16(17(20)19-18)21-15-10-8-14(9-11-15)13-6-4-3-5-7-13/h3-12,16H,18H2,1-2H3,(H,19,20). The van der Waals surface area contributed by atoms with E-state index in [9.17, 15) is 4.79 Å². The van der Waals surface area contributed by atoms with Crippen molar-refractivity contribution < 1.29 is 9.53 Å². The Hall–Kier alpha value is -2.33. The average molecular weight is 284 g/mol. The van der Waals surface area contributed by atoms with Crippen LogP contribution in [0.15, 0.2) is 54.6 Å². The normalized spacial score (nSPS) is 12.0. The topological polar surface area (TPSA) is 64.3 Å². The van der Waals surface area contributed by atoms with E-state index >= 15 is 0 Å². The minimum absolute atomic E-state index is 0.0300. The first kappa shape index (κ1) is 15.1. The van der Waals surface area contributed by atoms with Gasteiger partial charge in [0.2, 0.25) is 0 Å². The Kier molecular flexibility index (Phi) is 4.95. The number of hydrogen-bond donors (Lipinski definition) is 2. The number of amides is 1. The van der Waals surface area contributed by atoms with Crippen LogP contribution in [0.1, 0.15) is 13.8 Å². The Balaban J connectivity index is 2.14. The molecule has 2 aromatic rings. The Bertz CT molecular complexity index is 579. The molecule has 1 atom stereocenters. The number of hydrogen-bond acceptors (Lipinski definition) is 3. The number of hydrazine groups is 1. The highest BCUT2D eigenvalue weighted by molar-refractivity contribution is 5.80. The van der Waals surface area contributed by atoms with E-state index in [0.29, 0.717) is 5.75 Å². The third-order valence-electron chi connectivity index (χ3n) is 3.23. The third kappa shape index (κ3) is 3.83. The van der Waals surface area contributed by atoms with Gasteiger partial charge < -0.3 is 4.74 Å². The summed E-state index contributed by atoms with van der Waals surface area (Å²) in [6.45, 7) is 3.83. The number of carbonyl (C=O) groups is 1. The van der Waals surface area contributed by atoms with Crippen LogP contribution < -0.4 is 16.0 Å². The molecule has 0 radical (unpaired) electrons. The number of nitrogens with two attached hydrogens (primary N) is 1. The molecule has 0 heterocycles. The number of rotatable bonds is 5. The molecule has 0 aliphatic carbocycles. The van der Waals surface area contributed by atoms with Gasteiger partial charge in [-0.2, -0.15) is 0 Å². The first-order valence-electron chi connectivity index (χ1n) is 6.94. The monoisotopic (exact) mass is 284 g/mol. The van der Waals surface area contributed by atoms with Crippen molar-refractivity contribution in [2.24, 2.45) is 11.8 Å². The van der Waals surface area contributed by atoms with Crippen molar-refractivity contribution in [2.45, 2.75) is 20.0 Å². The lowest BCUT2D eigenvalue weighted by Gasteiger charge is -2.20. The molecule has 0 aliphatic rings.